The van der Waals surface area contributed by atoms with E-state index in [1.165, 1.54) is 13.0 Å². The molecular formula is C25H33NO7. The van der Waals surface area contributed by atoms with E-state index < -0.39 is 59.1 Å². The maximum absolute atomic E-state index is 13.4. The number of hydrogen-bond donors (Lipinski definition) is 3. The smallest absolute Gasteiger partial charge is 0.322 e. The van der Waals surface area contributed by atoms with E-state index in [0.29, 0.717) is 12.0 Å². The van der Waals surface area contributed by atoms with Crippen LogP contribution in [0.25, 0.3) is 0 Å². The first kappa shape index (κ1) is 26.4. The lowest BCUT2D eigenvalue weighted by molar-refractivity contribution is -0.181. The fourth-order valence-electron chi connectivity index (χ4n) is 3.85. The molecular weight excluding hydrogens is 426 g/mol. The van der Waals surface area contributed by atoms with Gasteiger partial charge in [0.15, 0.2) is 5.78 Å². The molecule has 2 bridgehead atoms. The summed E-state index contributed by atoms with van der Waals surface area (Å²) in [5.74, 6) is -3.74. The molecule has 0 aromatic carbocycles. The summed E-state index contributed by atoms with van der Waals surface area (Å²) in [6, 6.07) is -1.15. The Hall–Kier alpha value is -2.84. The highest BCUT2D eigenvalue weighted by atomic mass is 16.5. The zero-order valence-corrected chi connectivity index (χ0v) is 19.7. The van der Waals surface area contributed by atoms with E-state index in [1.807, 2.05) is 13.0 Å². The van der Waals surface area contributed by atoms with Crippen LogP contribution in [0.5, 0.6) is 0 Å². The molecule has 0 radical (unpaired) electrons. The van der Waals surface area contributed by atoms with Crippen molar-refractivity contribution in [2.75, 3.05) is 0 Å². The molecule has 8 nitrogen and oxygen atoms in total. The molecule has 180 valence electrons. The Labute approximate surface area is 194 Å². The van der Waals surface area contributed by atoms with Crippen molar-refractivity contribution in [2.45, 2.75) is 71.8 Å². The van der Waals surface area contributed by atoms with Crippen molar-refractivity contribution in [3.8, 4) is 0 Å². The van der Waals surface area contributed by atoms with Gasteiger partial charge in [0.2, 0.25) is 5.78 Å². The number of ether oxygens (including phenoxy) is 1. The molecule has 0 spiro atoms. The van der Waals surface area contributed by atoms with E-state index >= 15 is 0 Å². The molecule has 8 heteroatoms. The van der Waals surface area contributed by atoms with Gasteiger partial charge in [0.1, 0.15) is 11.5 Å². The summed E-state index contributed by atoms with van der Waals surface area (Å²) in [4.78, 5) is 50.3. The van der Waals surface area contributed by atoms with Crippen molar-refractivity contribution in [1.82, 2.24) is 5.32 Å². The van der Waals surface area contributed by atoms with E-state index in [-0.39, 0.29) is 6.42 Å². The van der Waals surface area contributed by atoms with Gasteiger partial charge in [0, 0.05) is 13.3 Å². The average Bonchev–Trinajstić information content (AvgIpc) is 2.75. The second kappa shape index (κ2) is 10.9. The Kier molecular flexibility index (Phi) is 8.69. The Morgan fingerprint density at radius 2 is 1.70 bits per heavy atom. The zero-order valence-electron chi connectivity index (χ0n) is 19.7. The van der Waals surface area contributed by atoms with Gasteiger partial charge in [0.25, 0.3) is 5.91 Å². The summed E-state index contributed by atoms with van der Waals surface area (Å²) in [7, 11) is 0. The largest absolute Gasteiger partial charge is 0.461 e. The first-order valence-corrected chi connectivity index (χ1v) is 11.0. The molecule has 6 atom stereocenters. The number of aliphatic hydroxyl groups excluding tert-OH is 2. The Bertz CT molecular complexity index is 929. The van der Waals surface area contributed by atoms with Gasteiger partial charge in [-0.05, 0) is 27.2 Å². The van der Waals surface area contributed by atoms with Gasteiger partial charge < -0.3 is 20.3 Å². The van der Waals surface area contributed by atoms with Crippen LogP contribution in [0.4, 0.5) is 0 Å². The normalized spacial score (nSPS) is 36.8. The highest BCUT2D eigenvalue weighted by Gasteiger charge is 2.56. The number of aliphatic hydroxyl groups is 2. The number of nitrogens with one attached hydrogen (secondary N) is 1. The monoisotopic (exact) mass is 459 g/mol. The number of carbonyl (C=O) groups excluding carboxylic acids is 4. The van der Waals surface area contributed by atoms with E-state index in [4.69, 9.17) is 4.74 Å². The number of allylic oxidation sites excluding steroid dienone is 4. The fraction of sp³-hybridized carbons (Fsp3) is 0.520. The maximum Gasteiger partial charge on any atom is 0.322 e. The van der Waals surface area contributed by atoms with Crippen molar-refractivity contribution in [1.29, 1.82) is 0 Å². The van der Waals surface area contributed by atoms with Crippen molar-refractivity contribution in [3.63, 3.8) is 0 Å². The fourth-order valence-corrected chi connectivity index (χ4v) is 3.85. The molecule has 0 unspecified atom stereocenters. The van der Waals surface area contributed by atoms with Gasteiger partial charge in [0.05, 0.1) is 24.2 Å². The summed E-state index contributed by atoms with van der Waals surface area (Å²) in [6.07, 6.45) is 7.54. The molecule has 2 heterocycles. The van der Waals surface area contributed by atoms with Gasteiger partial charge in [-0.2, -0.15) is 0 Å². The van der Waals surface area contributed by atoms with E-state index in [9.17, 15) is 29.4 Å². The van der Waals surface area contributed by atoms with Crippen LogP contribution in [0.2, 0.25) is 0 Å². The van der Waals surface area contributed by atoms with Crippen molar-refractivity contribution >= 4 is 23.4 Å². The van der Waals surface area contributed by atoms with Crippen LogP contribution in [0.1, 0.15) is 47.5 Å². The predicted octanol–water partition coefficient (Wildman–Crippen LogP) is 1.72. The number of fused-ring (bicyclic) bond motifs is 10. The Morgan fingerprint density at radius 1 is 1.09 bits per heavy atom. The molecule has 0 aromatic rings. The molecule has 3 rings (SSSR count). The Morgan fingerprint density at radius 3 is 2.33 bits per heavy atom. The third-order valence-electron chi connectivity index (χ3n) is 6.14. The number of rotatable bonds is 2. The maximum atomic E-state index is 13.4. The number of esters is 1. The molecule has 1 aliphatic carbocycles. The van der Waals surface area contributed by atoms with Gasteiger partial charge in [-0.3, -0.25) is 19.2 Å². The minimum atomic E-state index is -1.78. The lowest BCUT2D eigenvalue weighted by Gasteiger charge is -2.42. The summed E-state index contributed by atoms with van der Waals surface area (Å²) in [5, 5.41) is 23.1. The second-order valence-electron chi connectivity index (χ2n) is 8.99. The summed E-state index contributed by atoms with van der Waals surface area (Å²) in [5.41, 5.74) is -0.371. The highest BCUT2D eigenvalue weighted by Crippen LogP contribution is 2.38. The van der Waals surface area contributed by atoms with Crippen LogP contribution in [-0.4, -0.2) is 58.0 Å². The van der Waals surface area contributed by atoms with Crippen molar-refractivity contribution in [3.05, 3.63) is 47.6 Å². The summed E-state index contributed by atoms with van der Waals surface area (Å²) in [6.45, 7) is 7.62. The summed E-state index contributed by atoms with van der Waals surface area (Å²) < 4.78 is 5.59. The van der Waals surface area contributed by atoms with Crippen molar-refractivity contribution < 1.29 is 34.1 Å². The second-order valence-corrected chi connectivity index (χ2v) is 8.99. The standard InChI is InChI=1S/C25H33NO7/c1-14-6-9-18(28)10-8-15(2)12-21(26-23(31)17(4)27)25(5)22(30)16(3)20(33-24(25)32)13-19(29)11-7-14/h6-8,10-12,16,18-21,28-29H,9,13H2,1-5H3,(H,26,31)/b10-8?,11-7?,14-6+,15-12+/t16-,18+,19-,20-,21-,25+/m1/s1. The van der Waals surface area contributed by atoms with Gasteiger partial charge in [-0.25, -0.2) is 0 Å². The lowest BCUT2D eigenvalue weighted by atomic mass is 9.69. The SMILES string of the molecule is CC(=O)C(=O)N[C@@H]1/C=C(\C)C=C[C@@H](O)C/C=C(\C)C=C[C@@H](O)C[C@H]2OC(=O)[C@]1(C)C(=O)[C@@H]2C. The molecule has 1 saturated heterocycles. The van der Waals surface area contributed by atoms with Crippen LogP contribution in [-0.2, 0) is 23.9 Å². The molecule has 3 aliphatic rings. The molecule has 33 heavy (non-hydrogen) atoms. The van der Waals surface area contributed by atoms with Gasteiger partial charge >= 0.3 is 5.97 Å². The van der Waals surface area contributed by atoms with E-state index in [0.717, 1.165) is 12.5 Å². The third-order valence-corrected chi connectivity index (χ3v) is 6.14. The molecule has 3 N–H and O–H groups in total. The molecule has 2 aliphatic heterocycles. The number of Topliss-reactive ketones (excluding diaryl/α,β-unsaturated/α-hetero) is 2. The zero-order chi connectivity index (χ0) is 24.9. The number of hydrogen-bond acceptors (Lipinski definition) is 7. The highest BCUT2D eigenvalue weighted by molar-refractivity contribution is 6.35. The molecule has 1 amide bonds. The first-order valence-electron chi connectivity index (χ1n) is 11.0. The van der Waals surface area contributed by atoms with Gasteiger partial charge in [-0.1, -0.05) is 54.5 Å². The van der Waals surface area contributed by atoms with E-state index in [2.05, 4.69) is 5.32 Å². The van der Waals surface area contributed by atoms with E-state index in [1.54, 1.807) is 38.2 Å². The van der Waals surface area contributed by atoms with Crippen LogP contribution in [0.15, 0.2) is 47.6 Å². The minimum absolute atomic E-state index is 0.0298. The minimum Gasteiger partial charge on any atom is -0.461 e. The molecule has 0 saturated carbocycles. The number of carbonyl (C=O) groups is 4. The van der Waals surface area contributed by atoms with Gasteiger partial charge in [-0.15, -0.1) is 0 Å². The quantitative estimate of drug-likeness (QED) is 0.326. The van der Waals surface area contributed by atoms with Crippen molar-refractivity contribution in [2.24, 2.45) is 11.3 Å². The van der Waals surface area contributed by atoms with Crippen LogP contribution < -0.4 is 5.32 Å². The topological polar surface area (TPSA) is 130 Å². The predicted molar refractivity (Wildman–Crippen MR) is 122 cm³/mol. The molecule has 0 aromatic heterocycles. The number of amides is 1. The summed E-state index contributed by atoms with van der Waals surface area (Å²) >= 11 is 0. The lowest BCUT2D eigenvalue weighted by Crippen LogP contribution is -2.61. The van der Waals surface area contributed by atoms with Crippen LogP contribution in [0.3, 0.4) is 0 Å². The average molecular weight is 460 g/mol. The molecule has 1 fully saturated rings. The first-order chi connectivity index (χ1) is 15.4. The van der Waals surface area contributed by atoms with Crippen LogP contribution >= 0.6 is 0 Å². The third kappa shape index (κ3) is 6.36. The number of ketones is 2. The van der Waals surface area contributed by atoms with Crippen LogP contribution in [0, 0.1) is 11.3 Å². The Balaban J connectivity index is 2.57.